The highest BCUT2D eigenvalue weighted by molar-refractivity contribution is 5.93. The van der Waals surface area contributed by atoms with Crippen LogP contribution in [0.3, 0.4) is 0 Å². The Balaban J connectivity index is 2.26. The third kappa shape index (κ3) is 4.19. The molecule has 23 heavy (non-hydrogen) atoms. The lowest BCUT2D eigenvalue weighted by molar-refractivity contribution is -0.151. The number of methoxy groups -OCH3 is 1. The monoisotopic (exact) mass is 312 g/mol. The van der Waals surface area contributed by atoms with Crippen molar-refractivity contribution in [2.45, 2.75) is 25.9 Å². The van der Waals surface area contributed by atoms with E-state index >= 15 is 0 Å². The van der Waals surface area contributed by atoms with E-state index in [0.717, 1.165) is 18.4 Å². The summed E-state index contributed by atoms with van der Waals surface area (Å²) in [7, 11) is 1.27. The van der Waals surface area contributed by atoms with E-state index in [9.17, 15) is 9.59 Å². The molecule has 0 saturated carbocycles. The van der Waals surface area contributed by atoms with Gasteiger partial charge in [-0.25, -0.2) is 9.59 Å². The number of carbonyl (C=O) groups is 2. The van der Waals surface area contributed by atoms with Gasteiger partial charge in [-0.2, -0.15) is 0 Å². The highest BCUT2D eigenvalue weighted by Gasteiger charge is 2.27. The maximum absolute atomic E-state index is 12.5. The molecule has 1 atom stereocenters. The van der Waals surface area contributed by atoms with E-state index in [0.29, 0.717) is 11.1 Å². The molecular formula is C19H20O4. The van der Waals surface area contributed by atoms with Crippen LogP contribution >= 0.6 is 0 Å². The molecule has 4 heteroatoms. The van der Waals surface area contributed by atoms with E-state index in [1.165, 1.54) is 7.11 Å². The number of esters is 2. The average Bonchev–Trinajstić information content (AvgIpc) is 2.60. The maximum Gasteiger partial charge on any atom is 0.351 e. The second kappa shape index (κ2) is 8.13. The third-order valence-electron chi connectivity index (χ3n) is 3.50. The zero-order chi connectivity index (χ0) is 16.7. The first kappa shape index (κ1) is 16.7. The van der Waals surface area contributed by atoms with E-state index < -0.39 is 18.0 Å². The van der Waals surface area contributed by atoms with Gasteiger partial charge in [-0.1, -0.05) is 61.9 Å². The first-order valence-electron chi connectivity index (χ1n) is 7.59. The van der Waals surface area contributed by atoms with Crippen LogP contribution in [0, 0.1) is 0 Å². The van der Waals surface area contributed by atoms with Crippen molar-refractivity contribution in [3.05, 3.63) is 71.3 Å². The molecule has 0 radical (unpaired) electrons. The third-order valence-corrected chi connectivity index (χ3v) is 3.50. The largest absolute Gasteiger partial charge is 0.466 e. The van der Waals surface area contributed by atoms with Gasteiger partial charge >= 0.3 is 11.9 Å². The molecule has 120 valence electrons. The van der Waals surface area contributed by atoms with Crippen molar-refractivity contribution >= 4 is 11.9 Å². The van der Waals surface area contributed by atoms with E-state index in [1.807, 2.05) is 25.1 Å². The molecule has 2 rings (SSSR count). The second-order valence-electron chi connectivity index (χ2n) is 5.13. The molecule has 2 aromatic rings. The number of rotatable bonds is 6. The Morgan fingerprint density at radius 2 is 1.65 bits per heavy atom. The normalized spacial score (nSPS) is 11.6. The highest BCUT2D eigenvalue weighted by Crippen LogP contribution is 2.22. The molecule has 0 aliphatic heterocycles. The lowest BCUT2D eigenvalue weighted by Gasteiger charge is -2.17. The smallest absolute Gasteiger partial charge is 0.351 e. The van der Waals surface area contributed by atoms with Gasteiger partial charge in [0.25, 0.3) is 0 Å². The Bertz CT molecular complexity index is 664. The second-order valence-corrected chi connectivity index (χ2v) is 5.13. The van der Waals surface area contributed by atoms with Gasteiger partial charge in [-0.05, 0) is 18.1 Å². The topological polar surface area (TPSA) is 52.6 Å². The van der Waals surface area contributed by atoms with E-state index in [4.69, 9.17) is 9.47 Å². The van der Waals surface area contributed by atoms with Gasteiger partial charge in [0.05, 0.1) is 12.7 Å². The van der Waals surface area contributed by atoms with Crippen molar-refractivity contribution in [2.24, 2.45) is 0 Å². The molecule has 0 heterocycles. The quantitative estimate of drug-likeness (QED) is 0.763. The van der Waals surface area contributed by atoms with Crippen molar-refractivity contribution in [1.82, 2.24) is 0 Å². The number of carbonyl (C=O) groups excluding carboxylic acids is 2. The van der Waals surface area contributed by atoms with Gasteiger partial charge in [0.15, 0.2) is 0 Å². The predicted molar refractivity (Wildman–Crippen MR) is 87.1 cm³/mol. The summed E-state index contributed by atoms with van der Waals surface area (Å²) >= 11 is 0. The van der Waals surface area contributed by atoms with Crippen molar-refractivity contribution in [3.8, 4) is 0 Å². The molecule has 0 aliphatic carbocycles. The molecule has 0 aliphatic rings. The zero-order valence-electron chi connectivity index (χ0n) is 13.3. The average molecular weight is 312 g/mol. The van der Waals surface area contributed by atoms with Crippen LogP contribution < -0.4 is 0 Å². The molecule has 0 bridgehead atoms. The Kier molecular flexibility index (Phi) is 5.92. The fraction of sp³-hybridized carbons (Fsp3) is 0.263. The van der Waals surface area contributed by atoms with E-state index in [1.54, 1.807) is 36.4 Å². The molecule has 1 unspecified atom stereocenters. The minimum absolute atomic E-state index is 0.485. The van der Waals surface area contributed by atoms with Gasteiger partial charge in [0, 0.05) is 5.56 Å². The van der Waals surface area contributed by atoms with E-state index in [-0.39, 0.29) is 0 Å². The molecule has 0 fully saturated rings. The lowest BCUT2D eigenvalue weighted by Crippen LogP contribution is -2.21. The van der Waals surface area contributed by atoms with Crippen LogP contribution in [0.2, 0.25) is 0 Å². The summed E-state index contributed by atoms with van der Waals surface area (Å²) in [6, 6.07) is 16.1. The summed E-state index contributed by atoms with van der Waals surface area (Å²) in [4.78, 5) is 24.5. The highest BCUT2D eigenvalue weighted by atomic mass is 16.6. The van der Waals surface area contributed by atoms with Crippen LogP contribution in [-0.2, 0) is 20.7 Å². The standard InChI is InChI=1S/C19H20O4/c1-3-9-14-10-7-8-13-16(14)18(20)23-17(19(21)22-2)15-11-5-4-6-12-15/h4-8,10-13,17H,3,9H2,1-2H3. The minimum atomic E-state index is -1.07. The van der Waals surface area contributed by atoms with Gasteiger partial charge in [-0.15, -0.1) is 0 Å². The summed E-state index contributed by atoms with van der Waals surface area (Å²) < 4.78 is 10.2. The van der Waals surface area contributed by atoms with Crippen molar-refractivity contribution in [2.75, 3.05) is 7.11 Å². The molecule has 2 aromatic carbocycles. The summed E-state index contributed by atoms with van der Waals surface area (Å²) in [5.41, 5.74) is 1.98. The molecule has 0 N–H and O–H groups in total. The number of hydrogen-bond acceptors (Lipinski definition) is 4. The Labute approximate surface area is 136 Å². The fourth-order valence-corrected chi connectivity index (χ4v) is 2.36. The van der Waals surface area contributed by atoms with Crippen molar-refractivity contribution in [3.63, 3.8) is 0 Å². The van der Waals surface area contributed by atoms with Gasteiger partial charge in [0.2, 0.25) is 6.10 Å². The number of hydrogen-bond donors (Lipinski definition) is 0. The van der Waals surface area contributed by atoms with Crippen LogP contribution in [0.15, 0.2) is 54.6 Å². The molecule has 0 spiro atoms. The zero-order valence-corrected chi connectivity index (χ0v) is 13.3. The van der Waals surface area contributed by atoms with Crippen LogP contribution in [0.1, 0.15) is 40.9 Å². The van der Waals surface area contributed by atoms with Crippen LogP contribution in [0.4, 0.5) is 0 Å². The minimum Gasteiger partial charge on any atom is -0.466 e. The number of ether oxygens (including phenoxy) is 2. The molecule has 0 aromatic heterocycles. The van der Waals surface area contributed by atoms with Gasteiger partial charge < -0.3 is 9.47 Å². The fourth-order valence-electron chi connectivity index (χ4n) is 2.36. The molecular weight excluding hydrogens is 292 g/mol. The molecule has 0 saturated heterocycles. The number of aryl methyl sites for hydroxylation is 1. The Morgan fingerprint density at radius 1 is 1.00 bits per heavy atom. The first-order chi connectivity index (χ1) is 11.2. The van der Waals surface area contributed by atoms with Gasteiger partial charge in [0.1, 0.15) is 0 Å². The van der Waals surface area contributed by atoms with Gasteiger partial charge in [-0.3, -0.25) is 0 Å². The van der Waals surface area contributed by atoms with E-state index in [2.05, 4.69) is 0 Å². The van der Waals surface area contributed by atoms with Crippen LogP contribution in [0.25, 0.3) is 0 Å². The number of benzene rings is 2. The van der Waals surface area contributed by atoms with Crippen molar-refractivity contribution in [1.29, 1.82) is 0 Å². The first-order valence-corrected chi connectivity index (χ1v) is 7.59. The molecule has 0 amide bonds. The summed E-state index contributed by atoms with van der Waals surface area (Å²) in [5.74, 6) is -1.12. The summed E-state index contributed by atoms with van der Waals surface area (Å²) in [6.45, 7) is 2.04. The van der Waals surface area contributed by atoms with Crippen molar-refractivity contribution < 1.29 is 19.1 Å². The van der Waals surface area contributed by atoms with Crippen LogP contribution in [-0.4, -0.2) is 19.0 Å². The maximum atomic E-state index is 12.5. The summed E-state index contributed by atoms with van der Waals surface area (Å²) in [6.07, 6.45) is 0.631. The predicted octanol–water partition coefficient (Wildman–Crippen LogP) is 3.71. The van der Waals surface area contributed by atoms with Crippen LogP contribution in [0.5, 0.6) is 0 Å². The SMILES string of the molecule is CCCc1ccccc1C(=O)OC(C(=O)OC)c1ccccc1. The summed E-state index contributed by atoms with van der Waals surface area (Å²) in [5, 5.41) is 0. The Morgan fingerprint density at radius 3 is 2.30 bits per heavy atom. The molecule has 4 nitrogen and oxygen atoms in total. The lowest BCUT2D eigenvalue weighted by atomic mass is 10.0. The Hall–Kier alpha value is -2.62.